The number of likely N-dealkylation sites (N-methyl/N-ethyl adjacent to an activating group) is 1. The molecule has 0 aliphatic carbocycles. The SMILES string of the molecule is CCCCOCCOCC1CCC(CNCC)O1. The number of unbranched alkanes of at least 4 members (excludes halogenated alkanes) is 1. The highest BCUT2D eigenvalue weighted by atomic mass is 16.6. The summed E-state index contributed by atoms with van der Waals surface area (Å²) in [6.07, 6.45) is 5.24. The van der Waals surface area contributed by atoms with E-state index in [0.717, 1.165) is 39.0 Å². The fourth-order valence-electron chi connectivity index (χ4n) is 2.04. The molecular formula is C14H29NO3. The molecule has 2 atom stereocenters. The van der Waals surface area contributed by atoms with E-state index in [1.54, 1.807) is 0 Å². The second kappa shape index (κ2) is 10.7. The summed E-state index contributed by atoms with van der Waals surface area (Å²) in [5.41, 5.74) is 0. The summed E-state index contributed by atoms with van der Waals surface area (Å²) in [5, 5.41) is 3.32. The van der Waals surface area contributed by atoms with E-state index in [1.165, 1.54) is 6.42 Å². The van der Waals surface area contributed by atoms with E-state index in [-0.39, 0.29) is 6.10 Å². The van der Waals surface area contributed by atoms with Gasteiger partial charge in [-0.2, -0.15) is 0 Å². The smallest absolute Gasteiger partial charge is 0.0813 e. The van der Waals surface area contributed by atoms with Crippen molar-refractivity contribution in [1.29, 1.82) is 0 Å². The van der Waals surface area contributed by atoms with Gasteiger partial charge in [-0.3, -0.25) is 0 Å². The monoisotopic (exact) mass is 259 g/mol. The molecule has 4 heteroatoms. The first kappa shape index (κ1) is 15.9. The molecule has 0 aromatic heterocycles. The van der Waals surface area contributed by atoms with E-state index in [9.17, 15) is 0 Å². The van der Waals surface area contributed by atoms with E-state index in [2.05, 4.69) is 19.2 Å². The van der Waals surface area contributed by atoms with Crippen molar-refractivity contribution in [3.05, 3.63) is 0 Å². The van der Waals surface area contributed by atoms with Crippen molar-refractivity contribution in [2.45, 2.75) is 51.7 Å². The molecule has 0 amide bonds. The maximum Gasteiger partial charge on any atom is 0.0813 e. The zero-order chi connectivity index (χ0) is 13.1. The Morgan fingerprint density at radius 2 is 1.83 bits per heavy atom. The molecule has 1 saturated heterocycles. The summed E-state index contributed by atoms with van der Waals surface area (Å²) in [6, 6.07) is 0. The van der Waals surface area contributed by atoms with Crippen LogP contribution in [0.15, 0.2) is 0 Å². The minimum atomic E-state index is 0.282. The first-order chi connectivity index (χ1) is 8.86. The van der Waals surface area contributed by atoms with Crippen LogP contribution >= 0.6 is 0 Å². The van der Waals surface area contributed by atoms with Gasteiger partial charge in [0.2, 0.25) is 0 Å². The summed E-state index contributed by atoms with van der Waals surface area (Å²) in [6.45, 7) is 9.21. The van der Waals surface area contributed by atoms with E-state index in [4.69, 9.17) is 14.2 Å². The minimum Gasteiger partial charge on any atom is -0.379 e. The zero-order valence-electron chi connectivity index (χ0n) is 12.0. The second-order valence-electron chi connectivity index (χ2n) is 4.81. The molecule has 0 spiro atoms. The molecule has 4 nitrogen and oxygen atoms in total. The van der Waals surface area contributed by atoms with Crippen molar-refractivity contribution in [2.75, 3.05) is 39.5 Å². The van der Waals surface area contributed by atoms with Gasteiger partial charge in [-0.05, 0) is 25.8 Å². The van der Waals surface area contributed by atoms with Crippen molar-refractivity contribution in [1.82, 2.24) is 5.32 Å². The number of rotatable bonds is 11. The average molecular weight is 259 g/mol. The van der Waals surface area contributed by atoms with Crippen LogP contribution in [0.3, 0.4) is 0 Å². The van der Waals surface area contributed by atoms with Crippen LogP contribution in [0.5, 0.6) is 0 Å². The van der Waals surface area contributed by atoms with Crippen LogP contribution in [0, 0.1) is 0 Å². The van der Waals surface area contributed by atoms with Gasteiger partial charge in [0, 0.05) is 13.2 Å². The Balaban J connectivity index is 1.88. The summed E-state index contributed by atoms with van der Waals surface area (Å²) in [5.74, 6) is 0. The first-order valence-electron chi connectivity index (χ1n) is 7.38. The van der Waals surface area contributed by atoms with E-state index >= 15 is 0 Å². The lowest BCUT2D eigenvalue weighted by molar-refractivity contribution is -0.0284. The van der Waals surface area contributed by atoms with Gasteiger partial charge in [-0.1, -0.05) is 20.3 Å². The van der Waals surface area contributed by atoms with Crippen LogP contribution in [-0.2, 0) is 14.2 Å². The van der Waals surface area contributed by atoms with Gasteiger partial charge in [0.15, 0.2) is 0 Å². The highest BCUT2D eigenvalue weighted by Crippen LogP contribution is 2.19. The van der Waals surface area contributed by atoms with Crippen LogP contribution in [0.25, 0.3) is 0 Å². The third-order valence-electron chi connectivity index (χ3n) is 3.14. The molecule has 0 radical (unpaired) electrons. The normalized spacial score (nSPS) is 23.7. The van der Waals surface area contributed by atoms with Crippen molar-refractivity contribution in [3.63, 3.8) is 0 Å². The molecule has 1 rings (SSSR count). The van der Waals surface area contributed by atoms with Gasteiger partial charge in [0.25, 0.3) is 0 Å². The molecule has 0 aromatic rings. The molecule has 1 aliphatic rings. The van der Waals surface area contributed by atoms with E-state index < -0.39 is 0 Å². The third kappa shape index (κ3) is 7.31. The Morgan fingerprint density at radius 3 is 2.61 bits per heavy atom. The van der Waals surface area contributed by atoms with E-state index in [0.29, 0.717) is 25.9 Å². The second-order valence-corrected chi connectivity index (χ2v) is 4.81. The molecule has 108 valence electrons. The molecule has 1 aliphatic heterocycles. The maximum absolute atomic E-state index is 5.88. The summed E-state index contributed by atoms with van der Waals surface area (Å²) in [7, 11) is 0. The van der Waals surface area contributed by atoms with Crippen LogP contribution < -0.4 is 5.32 Å². The lowest BCUT2D eigenvalue weighted by atomic mass is 10.2. The molecule has 1 heterocycles. The number of hydrogen-bond acceptors (Lipinski definition) is 4. The Bertz CT molecular complexity index is 190. The molecular weight excluding hydrogens is 230 g/mol. The van der Waals surface area contributed by atoms with Gasteiger partial charge < -0.3 is 19.5 Å². The Hall–Kier alpha value is -0.160. The quantitative estimate of drug-likeness (QED) is 0.576. The van der Waals surface area contributed by atoms with Crippen LogP contribution in [0.1, 0.15) is 39.5 Å². The highest BCUT2D eigenvalue weighted by Gasteiger charge is 2.24. The van der Waals surface area contributed by atoms with Gasteiger partial charge >= 0.3 is 0 Å². The van der Waals surface area contributed by atoms with Gasteiger partial charge in [-0.15, -0.1) is 0 Å². The number of hydrogen-bond donors (Lipinski definition) is 1. The van der Waals surface area contributed by atoms with E-state index in [1.807, 2.05) is 0 Å². The van der Waals surface area contributed by atoms with Crippen molar-refractivity contribution in [2.24, 2.45) is 0 Å². The molecule has 2 unspecified atom stereocenters. The molecule has 0 saturated carbocycles. The van der Waals surface area contributed by atoms with Gasteiger partial charge in [0.05, 0.1) is 32.0 Å². The maximum atomic E-state index is 5.88. The molecule has 0 bridgehead atoms. The third-order valence-corrected chi connectivity index (χ3v) is 3.14. The predicted octanol–water partition coefficient (Wildman–Crippen LogP) is 1.98. The molecule has 1 N–H and O–H groups in total. The van der Waals surface area contributed by atoms with Crippen molar-refractivity contribution >= 4 is 0 Å². The molecule has 1 fully saturated rings. The number of nitrogens with one attached hydrogen (secondary N) is 1. The summed E-state index contributed by atoms with van der Waals surface area (Å²) < 4.78 is 16.9. The minimum absolute atomic E-state index is 0.282. The fourth-order valence-corrected chi connectivity index (χ4v) is 2.04. The van der Waals surface area contributed by atoms with Gasteiger partial charge in [0.1, 0.15) is 0 Å². The van der Waals surface area contributed by atoms with Crippen molar-refractivity contribution < 1.29 is 14.2 Å². The average Bonchev–Trinajstić information content (AvgIpc) is 2.83. The topological polar surface area (TPSA) is 39.7 Å². The van der Waals surface area contributed by atoms with Crippen LogP contribution in [0.2, 0.25) is 0 Å². The standard InChI is InChI=1S/C14H29NO3/c1-3-5-8-16-9-10-17-12-14-7-6-13(18-14)11-15-4-2/h13-15H,3-12H2,1-2H3. The Kier molecular flexibility index (Phi) is 9.48. The Morgan fingerprint density at radius 1 is 1.06 bits per heavy atom. The zero-order valence-corrected chi connectivity index (χ0v) is 12.0. The summed E-state index contributed by atoms with van der Waals surface area (Å²) in [4.78, 5) is 0. The largest absolute Gasteiger partial charge is 0.379 e. The van der Waals surface area contributed by atoms with Crippen LogP contribution in [0.4, 0.5) is 0 Å². The van der Waals surface area contributed by atoms with Crippen molar-refractivity contribution in [3.8, 4) is 0 Å². The number of ether oxygens (including phenoxy) is 3. The Labute approximate surface area is 111 Å². The lowest BCUT2D eigenvalue weighted by Crippen LogP contribution is -2.27. The lowest BCUT2D eigenvalue weighted by Gasteiger charge is -2.14. The highest BCUT2D eigenvalue weighted by molar-refractivity contribution is 4.74. The predicted molar refractivity (Wildman–Crippen MR) is 73.0 cm³/mol. The van der Waals surface area contributed by atoms with Crippen LogP contribution in [-0.4, -0.2) is 51.7 Å². The van der Waals surface area contributed by atoms with Gasteiger partial charge in [-0.25, -0.2) is 0 Å². The fraction of sp³-hybridized carbons (Fsp3) is 1.00. The first-order valence-corrected chi connectivity index (χ1v) is 7.38. The molecule has 0 aromatic carbocycles. The summed E-state index contributed by atoms with van der Waals surface area (Å²) >= 11 is 0. The molecule has 18 heavy (non-hydrogen) atoms.